The molecule has 15 nitrogen and oxygen atoms in total. The number of carbonyl (C=O) groups excluding carboxylic acids is 1. The number of hydrogen-bond donors (Lipinski definition) is 0. The molecule has 4 aromatic carbocycles. The molecule has 332 valence electrons. The van der Waals surface area contributed by atoms with E-state index in [1.54, 1.807) is 45.2 Å². The molecule has 4 heterocycles. The van der Waals surface area contributed by atoms with Crippen LogP contribution in [0.25, 0.3) is 0 Å². The molecule has 0 radical (unpaired) electrons. The summed E-state index contributed by atoms with van der Waals surface area (Å²) in [5, 5.41) is 0. The fraction of sp³-hybridized carbons (Fsp3) is 0.468. The molecule has 13 atom stereocenters. The normalized spacial score (nSPS) is 34.3. The molecule has 8 rings (SSSR count). The quantitative estimate of drug-likeness (QED) is 0.131. The lowest BCUT2D eigenvalue weighted by Crippen LogP contribution is -2.74. The Labute approximate surface area is 361 Å². The van der Waals surface area contributed by atoms with Gasteiger partial charge in [0.05, 0.1) is 34.0 Å². The Bertz CT molecular complexity index is 2030. The van der Waals surface area contributed by atoms with Crippen molar-refractivity contribution in [3.8, 4) is 11.5 Å². The highest BCUT2D eigenvalue weighted by molar-refractivity contribution is 5.75. The van der Waals surface area contributed by atoms with E-state index in [2.05, 4.69) is 0 Å². The first-order chi connectivity index (χ1) is 30.2. The minimum Gasteiger partial charge on any atom is -0.497 e. The third-order valence-corrected chi connectivity index (χ3v) is 11.8. The molecular weight excluding hydrogens is 805 g/mol. The molecule has 4 fully saturated rings. The first kappa shape index (κ1) is 44.1. The van der Waals surface area contributed by atoms with E-state index in [1.165, 1.54) is 21.3 Å². The van der Waals surface area contributed by atoms with Crippen LogP contribution in [0, 0.1) is 0 Å². The number of methoxy groups -OCH3 is 4. The van der Waals surface area contributed by atoms with Crippen molar-refractivity contribution < 1.29 is 71.1 Å². The van der Waals surface area contributed by atoms with E-state index < -0.39 is 85.2 Å². The Balaban J connectivity index is 1.21. The summed E-state index contributed by atoms with van der Waals surface area (Å²) < 4.78 is 89.6. The van der Waals surface area contributed by atoms with Crippen molar-refractivity contribution in [3.63, 3.8) is 0 Å². The van der Waals surface area contributed by atoms with Crippen molar-refractivity contribution in [1.82, 2.24) is 0 Å². The molecule has 1 unspecified atom stereocenters. The van der Waals surface area contributed by atoms with Crippen LogP contribution in [0.15, 0.2) is 115 Å². The van der Waals surface area contributed by atoms with Crippen LogP contribution in [-0.4, -0.2) is 114 Å². The third-order valence-electron chi connectivity index (χ3n) is 11.8. The predicted molar refractivity (Wildman–Crippen MR) is 218 cm³/mol. The van der Waals surface area contributed by atoms with Gasteiger partial charge in [-0.25, -0.2) is 4.79 Å². The maximum absolute atomic E-state index is 13.8. The van der Waals surface area contributed by atoms with E-state index in [1.807, 2.05) is 91.0 Å². The van der Waals surface area contributed by atoms with Crippen molar-refractivity contribution in [2.75, 3.05) is 35.0 Å². The van der Waals surface area contributed by atoms with Gasteiger partial charge in [0.1, 0.15) is 54.2 Å². The summed E-state index contributed by atoms with van der Waals surface area (Å²) in [6.07, 6.45) is -11.3. The number of rotatable bonds is 15. The Hall–Kier alpha value is -4.49. The van der Waals surface area contributed by atoms with Crippen LogP contribution in [0.2, 0.25) is 0 Å². The molecule has 0 amide bonds. The summed E-state index contributed by atoms with van der Waals surface area (Å²) in [6, 6.07) is 36.0. The molecule has 0 aliphatic carbocycles. The number of hydrogen-bond acceptors (Lipinski definition) is 15. The van der Waals surface area contributed by atoms with Gasteiger partial charge in [0, 0.05) is 19.8 Å². The van der Waals surface area contributed by atoms with Crippen LogP contribution in [0.3, 0.4) is 0 Å². The van der Waals surface area contributed by atoms with Gasteiger partial charge < -0.3 is 66.3 Å². The van der Waals surface area contributed by atoms with Crippen molar-refractivity contribution in [3.05, 3.63) is 132 Å². The molecule has 4 aromatic rings. The SMILES string of the molecule is COC(=O)[C@H]1O[C@@H](O[C@@H]2[C@H](OCc3ccccc3)[C@H](Oc3ccc(OC)cc3)O[C@@H]3COC(c4ccccc4)O[C@@H]23)[C@@H](OCc2ccccc2)[C@H]2O[C@](C)(OC)[C@@](C)(OC)O[C@@H]21. The van der Waals surface area contributed by atoms with Gasteiger partial charge >= 0.3 is 5.97 Å². The third kappa shape index (κ3) is 9.25. The largest absolute Gasteiger partial charge is 0.497 e. The van der Waals surface area contributed by atoms with E-state index in [0.29, 0.717) is 11.5 Å². The van der Waals surface area contributed by atoms with Gasteiger partial charge in [-0.15, -0.1) is 0 Å². The summed E-state index contributed by atoms with van der Waals surface area (Å²) in [6.45, 7) is 3.74. The van der Waals surface area contributed by atoms with Crippen molar-refractivity contribution in [2.45, 2.75) is 106 Å². The van der Waals surface area contributed by atoms with E-state index >= 15 is 0 Å². The second-order valence-electron chi connectivity index (χ2n) is 15.5. The van der Waals surface area contributed by atoms with Crippen molar-refractivity contribution in [1.29, 1.82) is 0 Å². The second kappa shape index (κ2) is 19.5. The van der Waals surface area contributed by atoms with E-state index in [4.69, 9.17) is 66.3 Å². The molecule has 4 aliphatic rings. The fourth-order valence-corrected chi connectivity index (χ4v) is 8.09. The monoisotopic (exact) mass is 858 g/mol. The van der Waals surface area contributed by atoms with E-state index in [0.717, 1.165) is 16.7 Å². The Morgan fingerprint density at radius 1 is 0.613 bits per heavy atom. The van der Waals surface area contributed by atoms with Gasteiger partial charge in [0.2, 0.25) is 17.9 Å². The number of carbonyl (C=O) groups is 1. The van der Waals surface area contributed by atoms with Crippen molar-refractivity contribution in [2.24, 2.45) is 0 Å². The average molecular weight is 859 g/mol. The van der Waals surface area contributed by atoms with E-state index in [-0.39, 0.29) is 19.8 Å². The minimum absolute atomic E-state index is 0.117. The topological polar surface area (TPSA) is 146 Å². The first-order valence-corrected chi connectivity index (χ1v) is 20.6. The molecular formula is C47H54O15. The van der Waals surface area contributed by atoms with Crippen LogP contribution >= 0.6 is 0 Å². The maximum atomic E-state index is 13.8. The van der Waals surface area contributed by atoms with Crippen LogP contribution < -0.4 is 9.47 Å². The van der Waals surface area contributed by atoms with Gasteiger partial charge in [-0.1, -0.05) is 91.0 Å². The standard InChI is InChI=1S/C47H54O15/c1-46(51-5)47(2,52-6)62-38-37(61-46)39(42(48)50-4)60-45(41(38)54-27-30-18-12-8-13-19-30)59-36-35-34(28-55-43(58-35)31-20-14-9-15-21-31)57-44(56-33-24-22-32(49-3)23-25-33)40(36)53-26-29-16-10-7-11-17-29/h7-25,34-41,43-45H,26-28H2,1-6H3/t34-,35-,36+,37+,38+,39+,40+,41+,43?,44-,45-,46+,47+/m1/s1. The van der Waals surface area contributed by atoms with Gasteiger partial charge in [-0.2, -0.15) is 0 Å². The summed E-state index contributed by atoms with van der Waals surface area (Å²) in [5.74, 6) is -2.57. The second-order valence-corrected chi connectivity index (χ2v) is 15.5. The van der Waals surface area contributed by atoms with Gasteiger partial charge in [-0.3, -0.25) is 0 Å². The Morgan fingerprint density at radius 2 is 1.18 bits per heavy atom. The summed E-state index contributed by atoms with van der Waals surface area (Å²) in [7, 11) is 5.81. The number of esters is 1. The van der Waals surface area contributed by atoms with Crippen LogP contribution in [0.5, 0.6) is 11.5 Å². The number of fused-ring (bicyclic) bond motifs is 2. The van der Waals surface area contributed by atoms with Crippen LogP contribution in [0.4, 0.5) is 0 Å². The molecule has 0 bridgehead atoms. The Kier molecular flexibility index (Phi) is 13.9. The molecule has 15 heteroatoms. The molecule has 0 N–H and O–H groups in total. The zero-order valence-corrected chi connectivity index (χ0v) is 35.6. The summed E-state index contributed by atoms with van der Waals surface area (Å²) in [5.41, 5.74) is 2.56. The zero-order chi connectivity index (χ0) is 43.3. The molecule has 0 saturated carbocycles. The lowest BCUT2D eigenvalue weighted by atomic mass is 9.92. The minimum atomic E-state index is -1.49. The average Bonchev–Trinajstić information content (AvgIpc) is 3.32. The smallest absolute Gasteiger partial charge is 0.337 e. The lowest BCUT2D eigenvalue weighted by Gasteiger charge is -2.57. The summed E-state index contributed by atoms with van der Waals surface area (Å²) in [4.78, 5) is 13.8. The molecule has 0 spiro atoms. The zero-order valence-electron chi connectivity index (χ0n) is 35.6. The number of ether oxygens (including phenoxy) is 14. The van der Waals surface area contributed by atoms with Crippen molar-refractivity contribution >= 4 is 5.97 Å². The first-order valence-electron chi connectivity index (χ1n) is 20.6. The molecule has 0 aromatic heterocycles. The summed E-state index contributed by atoms with van der Waals surface area (Å²) >= 11 is 0. The highest BCUT2D eigenvalue weighted by atomic mass is 16.8. The fourth-order valence-electron chi connectivity index (χ4n) is 8.09. The van der Waals surface area contributed by atoms with Gasteiger partial charge in [0.15, 0.2) is 18.7 Å². The van der Waals surface area contributed by atoms with Crippen LogP contribution in [0.1, 0.15) is 36.8 Å². The molecule has 4 saturated heterocycles. The lowest BCUT2D eigenvalue weighted by molar-refractivity contribution is -0.482. The highest BCUT2D eigenvalue weighted by Crippen LogP contribution is 2.46. The van der Waals surface area contributed by atoms with Gasteiger partial charge in [-0.05, 0) is 49.2 Å². The molecule has 62 heavy (non-hydrogen) atoms. The number of benzene rings is 4. The van der Waals surface area contributed by atoms with Crippen LogP contribution in [-0.2, 0) is 74.9 Å². The van der Waals surface area contributed by atoms with Gasteiger partial charge in [0.25, 0.3) is 0 Å². The highest BCUT2D eigenvalue weighted by Gasteiger charge is 2.65. The maximum Gasteiger partial charge on any atom is 0.337 e. The predicted octanol–water partition coefficient (Wildman–Crippen LogP) is 5.88. The Morgan fingerprint density at radius 3 is 1.76 bits per heavy atom. The molecule has 4 aliphatic heterocycles. The van der Waals surface area contributed by atoms with E-state index in [9.17, 15) is 4.79 Å².